The van der Waals surface area contributed by atoms with Gasteiger partial charge in [0.2, 0.25) is 5.78 Å². The first-order valence-electron chi connectivity index (χ1n) is 12.2. The molecular formula is C26H32N4O2S2. The van der Waals surface area contributed by atoms with Gasteiger partial charge in [0.05, 0.1) is 17.6 Å². The molecule has 5 rings (SSSR count). The summed E-state index contributed by atoms with van der Waals surface area (Å²) in [5.41, 5.74) is 2.12. The molecule has 34 heavy (non-hydrogen) atoms. The molecular weight excluding hydrogens is 464 g/mol. The summed E-state index contributed by atoms with van der Waals surface area (Å²) in [4.78, 5) is 16.0. The van der Waals surface area contributed by atoms with E-state index in [9.17, 15) is 4.79 Å². The molecule has 6 nitrogen and oxygen atoms in total. The molecule has 0 spiro atoms. The van der Waals surface area contributed by atoms with Crippen molar-refractivity contribution < 1.29 is 4.74 Å². The number of fused-ring (bicyclic) bond motifs is 5. The predicted molar refractivity (Wildman–Crippen MR) is 140 cm³/mol. The van der Waals surface area contributed by atoms with Gasteiger partial charge in [-0.1, -0.05) is 68.3 Å². The molecule has 0 saturated carbocycles. The number of aromatic nitrogens is 4. The summed E-state index contributed by atoms with van der Waals surface area (Å²) in [5, 5.41) is 10.8. The lowest BCUT2D eigenvalue weighted by atomic mass is 9.94. The number of thioether (sulfide) groups is 1. The number of hydrogen-bond donors (Lipinski definition) is 0. The molecule has 1 aromatic carbocycles. The van der Waals surface area contributed by atoms with Crippen LogP contribution in [0.4, 0.5) is 0 Å². The van der Waals surface area contributed by atoms with E-state index in [0.717, 1.165) is 50.8 Å². The third-order valence-electron chi connectivity index (χ3n) is 6.48. The Bertz CT molecular complexity index is 1350. The first-order valence-corrected chi connectivity index (χ1v) is 14.0. The summed E-state index contributed by atoms with van der Waals surface area (Å²) in [7, 11) is 0. The van der Waals surface area contributed by atoms with Crippen molar-refractivity contribution in [3.63, 3.8) is 0 Å². The molecule has 0 bridgehead atoms. The Kier molecular flexibility index (Phi) is 6.82. The summed E-state index contributed by atoms with van der Waals surface area (Å²) in [6.45, 7) is 7.55. The summed E-state index contributed by atoms with van der Waals surface area (Å²) in [6.07, 6.45) is 6.40. The van der Waals surface area contributed by atoms with E-state index in [1.807, 2.05) is 22.8 Å². The van der Waals surface area contributed by atoms with Crippen molar-refractivity contribution in [3.8, 4) is 0 Å². The monoisotopic (exact) mass is 496 g/mol. The van der Waals surface area contributed by atoms with E-state index < -0.39 is 0 Å². The van der Waals surface area contributed by atoms with Crippen molar-refractivity contribution in [2.45, 2.75) is 83.2 Å². The lowest BCUT2D eigenvalue weighted by Gasteiger charge is -2.29. The van der Waals surface area contributed by atoms with Gasteiger partial charge in [-0.2, -0.15) is 0 Å². The Morgan fingerprint density at radius 1 is 1.15 bits per heavy atom. The van der Waals surface area contributed by atoms with Crippen LogP contribution in [0.3, 0.4) is 0 Å². The first kappa shape index (κ1) is 23.6. The molecule has 0 aliphatic carbocycles. The molecule has 1 aliphatic rings. The molecule has 0 atom stereocenters. The maximum Gasteiger partial charge on any atom is 0.263 e. The average molecular weight is 497 g/mol. The smallest absolute Gasteiger partial charge is 0.263 e. The maximum absolute atomic E-state index is 13.9. The molecule has 0 unspecified atom stereocenters. The van der Waals surface area contributed by atoms with Crippen LogP contribution in [0.5, 0.6) is 0 Å². The largest absolute Gasteiger partial charge is 0.370 e. The Labute approximate surface area is 208 Å². The van der Waals surface area contributed by atoms with E-state index in [2.05, 4.69) is 47.5 Å². The second-order valence-corrected chi connectivity index (χ2v) is 11.8. The van der Waals surface area contributed by atoms with Gasteiger partial charge in [-0.05, 0) is 37.8 Å². The zero-order chi connectivity index (χ0) is 23.7. The normalized spacial score (nSPS) is 15.3. The maximum atomic E-state index is 13.9. The Balaban J connectivity index is 1.61. The number of hydrogen-bond acceptors (Lipinski definition) is 6. The van der Waals surface area contributed by atoms with Crippen molar-refractivity contribution in [1.29, 1.82) is 0 Å². The molecule has 0 fully saturated rings. The molecule has 0 radical (unpaired) electrons. The first-order chi connectivity index (χ1) is 16.5. The van der Waals surface area contributed by atoms with Gasteiger partial charge in [-0.3, -0.25) is 9.36 Å². The van der Waals surface area contributed by atoms with Crippen LogP contribution in [-0.4, -0.2) is 30.5 Å². The second kappa shape index (κ2) is 9.84. The number of unbranched alkanes of at least 4 members (excludes halogenated alkanes) is 3. The molecule has 0 N–H and O–H groups in total. The number of aryl methyl sites for hydroxylation is 2. The molecule has 4 heterocycles. The molecule has 1 aliphatic heterocycles. The molecule has 3 aromatic heterocycles. The summed E-state index contributed by atoms with van der Waals surface area (Å²) in [5.74, 6) is 1.65. The van der Waals surface area contributed by atoms with Crippen molar-refractivity contribution in [3.05, 3.63) is 56.7 Å². The van der Waals surface area contributed by atoms with Crippen LogP contribution in [-0.2, 0) is 30.7 Å². The van der Waals surface area contributed by atoms with Crippen molar-refractivity contribution in [1.82, 2.24) is 19.2 Å². The number of ether oxygens (including phenoxy) is 1. The fourth-order valence-electron chi connectivity index (χ4n) is 4.63. The zero-order valence-corrected chi connectivity index (χ0v) is 21.8. The highest BCUT2D eigenvalue weighted by Crippen LogP contribution is 2.38. The fraction of sp³-hybridized carbons (Fsp3) is 0.500. The van der Waals surface area contributed by atoms with E-state index in [4.69, 9.17) is 4.74 Å². The third-order valence-corrected chi connectivity index (χ3v) is 8.69. The summed E-state index contributed by atoms with van der Waals surface area (Å²) in [6, 6.07) is 10.3. The van der Waals surface area contributed by atoms with Gasteiger partial charge in [0.25, 0.3) is 5.56 Å². The summed E-state index contributed by atoms with van der Waals surface area (Å²) < 4.78 is 10.0. The van der Waals surface area contributed by atoms with E-state index in [1.54, 1.807) is 23.1 Å². The third kappa shape index (κ3) is 4.55. The molecule has 180 valence electrons. The molecule has 0 amide bonds. The van der Waals surface area contributed by atoms with Crippen molar-refractivity contribution in [2.24, 2.45) is 0 Å². The predicted octanol–water partition coefficient (Wildman–Crippen LogP) is 5.87. The Morgan fingerprint density at radius 2 is 1.97 bits per heavy atom. The zero-order valence-electron chi connectivity index (χ0n) is 20.2. The highest BCUT2D eigenvalue weighted by molar-refractivity contribution is 7.99. The quantitative estimate of drug-likeness (QED) is 0.214. The van der Waals surface area contributed by atoms with Gasteiger partial charge in [0, 0.05) is 23.6 Å². The van der Waals surface area contributed by atoms with Gasteiger partial charge in [0.1, 0.15) is 4.83 Å². The van der Waals surface area contributed by atoms with E-state index >= 15 is 0 Å². The minimum absolute atomic E-state index is 0.0422. The highest BCUT2D eigenvalue weighted by Gasteiger charge is 2.32. The van der Waals surface area contributed by atoms with Crippen LogP contribution in [0.2, 0.25) is 0 Å². The Morgan fingerprint density at radius 3 is 2.76 bits per heavy atom. The highest BCUT2D eigenvalue weighted by atomic mass is 32.2. The topological polar surface area (TPSA) is 61.4 Å². The van der Waals surface area contributed by atoms with Gasteiger partial charge < -0.3 is 4.74 Å². The van der Waals surface area contributed by atoms with Crippen LogP contribution in [0.25, 0.3) is 16.0 Å². The fourth-order valence-corrected chi connectivity index (χ4v) is 6.84. The number of thiophene rings is 1. The van der Waals surface area contributed by atoms with E-state index in [-0.39, 0.29) is 11.2 Å². The van der Waals surface area contributed by atoms with E-state index in [0.29, 0.717) is 18.9 Å². The lowest BCUT2D eigenvalue weighted by Crippen LogP contribution is -2.32. The van der Waals surface area contributed by atoms with Crippen LogP contribution in [0.1, 0.15) is 62.5 Å². The van der Waals surface area contributed by atoms with Crippen LogP contribution in [0.15, 0.2) is 40.3 Å². The standard InChI is InChI=1S/C26H32N4O2S2/c1-4-5-6-10-15-33-25-28-27-24-29(14-13-18-11-8-7-9-12-18)22(31)21-19-16-26(2,3)32-17-20(19)34-23(21)30(24)25/h7-9,11-12H,4-6,10,13-17H2,1-3H3. The van der Waals surface area contributed by atoms with Crippen LogP contribution < -0.4 is 5.56 Å². The minimum Gasteiger partial charge on any atom is -0.370 e. The molecule has 4 aromatic rings. The van der Waals surface area contributed by atoms with Crippen molar-refractivity contribution in [2.75, 3.05) is 5.75 Å². The number of nitrogens with zero attached hydrogens (tertiary/aromatic N) is 4. The number of benzene rings is 1. The number of rotatable bonds is 9. The lowest BCUT2D eigenvalue weighted by molar-refractivity contribution is -0.0379. The SMILES string of the molecule is CCCCCCSc1nnc2n(CCc3ccccc3)c(=O)c3c4c(sc3n12)COC(C)(C)C4. The minimum atomic E-state index is -0.276. The second-order valence-electron chi connectivity index (χ2n) is 9.63. The van der Waals surface area contributed by atoms with E-state index in [1.165, 1.54) is 24.8 Å². The van der Waals surface area contributed by atoms with Crippen molar-refractivity contribution >= 4 is 39.1 Å². The Hall–Kier alpha value is -2.16. The molecule has 0 saturated heterocycles. The van der Waals surface area contributed by atoms with Gasteiger partial charge in [0.15, 0.2) is 5.16 Å². The average Bonchev–Trinajstić information content (AvgIpc) is 3.40. The molecule has 8 heteroatoms. The summed E-state index contributed by atoms with van der Waals surface area (Å²) >= 11 is 3.41. The van der Waals surface area contributed by atoms with Gasteiger partial charge in [-0.25, -0.2) is 4.40 Å². The van der Waals surface area contributed by atoms with Gasteiger partial charge in [-0.15, -0.1) is 21.5 Å². The van der Waals surface area contributed by atoms with Gasteiger partial charge >= 0.3 is 0 Å². The van der Waals surface area contributed by atoms with Crippen LogP contribution in [0, 0.1) is 0 Å². The van der Waals surface area contributed by atoms with Crippen LogP contribution >= 0.6 is 23.1 Å².